The molecule has 2 aliphatic rings. The van der Waals surface area contributed by atoms with Gasteiger partial charge in [0.05, 0.1) is 19.4 Å². The molecule has 2 fully saturated rings. The summed E-state index contributed by atoms with van der Waals surface area (Å²) < 4.78 is 11.4. The van der Waals surface area contributed by atoms with E-state index in [4.69, 9.17) is 14.7 Å². The zero-order valence-corrected chi connectivity index (χ0v) is 12.7. The minimum atomic E-state index is 0.563. The maximum atomic E-state index is 8.84. The lowest BCUT2D eigenvalue weighted by atomic mass is 9.89. The van der Waals surface area contributed by atoms with E-state index < -0.39 is 0 Å². The number of oxime groups is 1. The van der Waals surface area contributed by atoms with Crippen LogP contribution >= 0.6 is 0 Å². The first kappa shape index (κ1) is 14.2. The lowest BCUT2D eigenvalue weighted by Gasteiger charge is -2.22. The molecule has 1 N–H and O–H groups in total. The fourth-order valence-electron chi connectivity index (χ4n) is 3.85. The third-order valence-electron chi connectivity index (χ3n) is 5.07. The van der Waals surface area contributed by atoms with Crippen LogP contribution in [-0.4, -0.2) is 24.6 Å². The van der Waals surface area contributed by atoms with Crippen molar-refractivity contribution in [2.75, 3.05) is 13.7 Å². The molecule has 4 nitrogen and oxygen atoms in total. The van der Waals surface area contributed by atoms with Crippen molar-refractivity contribution < 1.29 is 14.7 Å². The van der Waals surface area contributed by atoms with E-state index in [1.54, 1.807) is 14.0 Å². The third kappa shape index (κ3) is 2.85. The summed E-state index contributed by atoms with van der Waals surface area (Å²) >= 11 is 0. The molecule has 21 heavy (non-hydrogen) atoms. The van der Waals surface area contributed by atoms with Crippen LogP contribution < -0.4 is 9.47 Å². The SMILES string of the molecule is COc1cc(C(C)=NO)ccc1OCC1CC2CCC1C2. The molecule has 0 saturated heterocycles. The molecular formula is C17H23NO3. The average molecular weight is 289 g/mol. The molecule has 3 rings (SSSR count). The van der Waals surface area contributed by atoms with Crippen molar-refractivity contribution in [3.63, 3.8) is 0 Å². The monoisotopic (exact) mass is 289 g/mol. The second-order valence-electron chi connectivity index (χ2n) is 6.30. The van der Waals surface area contributed by atoms with Gasteiger partial charge in [-0.05, 0) is 62.1 Å². The van der Waals surface area contributed by atoms with Crippen molar-refractivity contribution in [1.82, 2.24) is 0 Å². The Bertz CT molecular complexity index is 541. The van der Waals surface area contributed by atoms with Gasteiger partial charge in [-0.25, -0.2) is 0 Å². The first-order chi connectivity index (χ1) is 10.2. The van der Waals surface area contributed by atoms with Gasteiger partial charge < -0.3 is 14.7 Å². The Balaban J connectivity index is 1.67. The van der Waals surface area contributed by atoms with Crippen LogP contribution in [0.5, 0.6) is 11.5 Å². The Kier molecular flexibility index (Phi) is 4.04. The molecule has 2 bridgehead atoms. The van der Waals surface area contributed by atoms with Crippen LogP contribution in [0, 0.1) is 17.8 Å². The molecule has 114 valence electrons. The van der Waals surface area contributed by atoms with Gasteiger partial charge in [-0.1, -0.05) is 11.6 Å². The Morgan fingerprint density at radius 1 is 1.29 bits per heavy atom. The maximum Gasteiger partial charge on any atom is 0.161 e. The number of hydrogen-bond donors (Lipinski definition) is 1. The Morgan fingerprint density at radius 2 is 2.14 bits per heavy atom. The molecule has 0 heterocycles. The van der Waals surface area contributed by atoms with Crippen molar-refractivity contribution in [1.29, 1.82) is 0 Å². The zero-order valence-electron chi connectivity index (χ0n) is 12.7. The molecule has 0 aliphatic heterocycles. The highest BCUT2D eigenvalue weighted by Gasteiger charge is 2.39. The standard InChI is InChI=1S/C17H23NO3/c1-11(18-19)13-5-6-16(17(9-13)20-2)21-10-15-8-12-3-4-14(15)7-12/h5-6,9,12,14-15,19H,3-4,7-8,10H2,1-2H3. The number of rotatable bonds is 5. The molecule has 1 aromatic rings. The highest BCUT2D eigenvalue weighted by Crippen LogP contribution is 2.48. The van der Waals surface area contributed by atoms with Gasteiger partial charge in [-0.3, -0.25) is 0 Å². The zero-order chi connectivity index (χ0) is 14.8. The van der Waals surface area contributed by atoms with Crippen molar-refractivity contribution in [2.45, 2.75) is 32.6 Å². The number of benzene rings is 1. The van der Waals surface area contributed by atoms with Gasteiger partial charge in [-0.2, -0.15) is 0 Å². The van der Waals surface area contributed by atoms with E-state index in [0.29, 0.717) is 17.4 Å². The van der Waals surface area contributed by atoms with E-state index in [1.807, 2.05) is 18.2 Å². The van der Waals surface area contributed by atoms with E-state index >= 15 is 0 Å². The minimum Gasteiger partial charge on any atom is -0.493 e. The van der Waals surface area contributed by atoms with Crippen molar-refractivity contribution in [2.24, 2.45) is 22.9 Å². The van der Waals surface area contributed by atoms with Gasteiger partial charge in [-0.15, -0.1) is 0 Å². The predicted octanol–water partition coefficient (Wildman–Crippen LogP) is 3.71. The first-order valence-corrected chi connectivity index (χ1v) is 7.71. The summed E-state index contributed by atoms with van der Waals surface area (Å²) in [7, 11) is 1.63. The first-order valence-electron chi connectivity index (χ1n) is 7.71. The average Bonchev–Trinajstić information content (AvgIpc) is 3.14. The van der Waals surface area contributed by atoms with E-state index in [2.05, 4.69) is 5.16 Å². The summed E-state index contributed by atoms with van der Waals surface area (Å²) in [6.07, 6.45) is 5.51. The van der Waals surface area contributed by atoms with E-state index in [9.17, 15) is 0 Å². The quantitative estimate of drug-likeness (QED) is 0.511. The Morgan fingerprint density at radius 3 is 2.76 bits per heavy atom. The van der Waals surface area contributed by atoms with Crippen molar-refractivity contribution in [3.05, 3.63) is 23.8 Å². The normalized spacial score (nSPS) is 27.9. The largest absolute Gasteiger partial charge is 0.493 e. The molecule has 0 amide bonds. The molecule has 2 saturated carbocycles. The smallest absolute Gasteiger partial charge is 0.161 e. The maximum absolute atomic E-state index is 8.84. The molecule has 1 aromatic carbocycles. The van der Waals surface area contributed by atoms with Gasteiger partial charge in [0.25, 0.3) is 0 Å². The second-order valence-corrected chi connectivity index (χ2v) is 6.30. The van der Waals surface area contributed by atoms with E-state index in [0.717, 1.165) is 29.8 Å². The number of methoxy groups -OCH3 is 1. The summed E-state index contributed by atoms with van der Waals surface area (Å²) in [5, 5.41) is 12.1. The molecule has 0 radical (unpaired) electrons. The second kappa shape index (κ2) is 5.96. The van der Waals surface area contributed by atoms with Crippen LogP contribution in [0.4, 0.5) is 0 Å². The van der Waals surface area contributed by atoms with Crippen molar-refractivity contribution in [3.8, 4) is 11.5 Å². The molecule has 4 heteroatoms. The topological polar surface area (TPSA) is 51.0 Å². The Hall–Kier alpha value is -1.71. The van der Waals surface area contributed by atoms with Gasteiger partial charge in [0.1, 0.15) is 0 Å². The van der Waals surface area contributed by atoms with Gasteiger partial charge in [0, 0.05) is 5.56 Å². The highest BCUT2D eigenvalue weighted by molar-refractivity contribution is 5.98. The molecule has 2 aliphatic carbocycles. The Labute approximate surface area is 125 Å². The van der Waals surface area contributed by atoms with E-state index in [-0.39, 0.29) is 0 Å². The van der Waals surface area contributed by atoms with Crippen LogP contribution in [0.15, 0.2) is 23.4 Å². The van der Waals surface area contributed by atoms with Crippen LogP contribution in [0.2, 0.25) is 0 Å². The van der Waals surface area contributed by atoms with E-state index in [1.165, 1.54) is 25.7 Å². The molecule has 0 aromatic heterocycles. The van der Waals surface area contributed by atoms with Crippen LogP contribution in [0.25, 0.3) is 0 Å². The minimum absolute atomic E-state index is 0.563. The summed E-state index contributed by atoms with van der Waals surface area (Å²) in [4.78, 5) is 0. The summed E-state index contributed by atoms with van der Waals surface area (Å²) in [5.74, 6) is 3.97. The molecule has 0 spiro atoms. The fourth-order valence-corrected chi connectivity index (χ4v) is 3.85. The fraction of sp³-hybridized carbons (Fsp3) is 0.588. The van der Waals surface area contributed by atoms with Gasteiger partial charge in [0.15, 0.2) is 11.5 Å². The number of nitrogens with zero attached hydrogens (tertiary/aromatic N) is 1. The number of ether oxygens (including phenoxy) is 2. The molecular weight excluding hydrogens is 266 g/mol. The van der Waals surface area contributed by atoms with Crippen molar-refractivity contribution >= 4 is 5.71 Å². The summed E-state index contributed by atoms with van der Waals surface area (Å²) in [6.45, 7) is 2.54. The predicted molar refractivity (Wildman–Crippen MR) is 81.4 cm³/mol. The van der Waals surface area contributed by atoms with Gasteiger partial charge in [0.2, 0.25) is 0 Å². The number of fused-ring (bicyclic) bond motifs is 2. The summed E-state index contributed by atoms with van der Waals surface area (Å²) in [6, 6.07) is 5.65. The third-order valence-corrected chi connectivity index (χ3v) is 5.07. The van der Waals surface area contributed by atoms with Crippen LogP contribution in [0.3, 0.4) is 0 Å². The highest BCUT2D eigenvalue weighted by atomic mass is 16.5. The van der Waals surface area contributed by atoms with Crippen LogP contribution in [0.1, 0.15) is 38.2 Å². The lowest BCUT2D eigenvalue weighted by Crippen LogP contribution is -2.18. The molecule has 3 unspecified atom stereocenters. The molecule has 3 atom stereocenters. The number of hydrogen-bond acceptors (Lipinski definition) is 4. The van der Waals surface area contributed by atoms with Crippen LogP contribution in [-0.2, 0) is 0 Å². The lowest BCUT2D eigenvalue weighted by molar-refractivity contribution is 0.190. The summed E-state index contributed by atoms with van der Waals surface area (Å²) in [5.41, 5.74) is 1.40. The van der Waals surface area contributed by atoms with Gasteiger partial charge >= 0.3 is 0 Å².